The van der Waals surface area contributed by atoms with Gasteiger partial charge in [-0.3, -0.25) is 4.68 Å². The minimum Gasteiger partial charge on any atom is -0.378 e. The molecule has 1 fully saturated rings. The molecule has 66 valence electrons. The van der Waals surface area contributed by atoms with Crippen molar-refractivity contribution >= 4 is 17.4 Å². The summed E-state index contributed by atoms with van der Waals surface area (Å²) in [6, 6.07) is 0.665. The predicted molar refractivity (Wildman–Crippen MR) is 52.7 cm³/mol. The van der Waals surface area contributed by atoms with Crippen LogP contribution >= 0.6 is 11.8 Å². The number of aromatic nitrogens is 2. The van der Waals surface area contributed by atoms with E-state index in [1.54, 1.807) is 0 Å². The summed E-state index contributed by atoms with van der Waals surface area (Å²) in [7, 11) is 1.97. The summed E-state index contributed by atoms with van der Waals surface area (Å²) >= 11 is 1.99. The van der Waals surface area contributed by atoms with Gasteiger partial charge in [-0.25, -0.2) is 0 Å². The number of rotatable bonds is 2. The van der Waals surface area contributed by atoms with Gasteiger partial charge in [-0.1, -0.05) is 0 Å². The van der Waals surface area contributed by atoms with E-state index in [4.69, 9.17) is 0 Å². The molecule has 0 bridgehead atoms. The van der Waals surface area contributed by atoms with Gasteiger partial charge in [-0.05, 0) is 6.92 Å². The molecule has 1 aromatic heterocycles. The molecule has 0 radical (unpaired) electrons. The summed E-state index contributed by atoms with van der Waals surface area (Å²) in [4.78, 5) is 0. The van der Waals surface area contributed by atoms with E-state index in [9.17, 15) is 0 Å². The first kappa shape index (κ1) is 7.98. The number of anilines is 1. The highest BCUT2D eigenvalue weighted by atomic mass is 32.2. The summed E-state index contributed by atoms with van der Waals surface area (Å²) in [6.07, 6.45) is 1.90. The zero-order chi connectivity index (χ0) is 8.55. The van der Waals surface area contributed by atoms with Gasteiger partial charge in [-0.2, -0.15) is 16.9 Å². The van der Waals surface area contributed by atoms with E-state index >= 15 is 0 Å². The first-order chi connectivity index (χ1) is 5.77. The van der Waals surface area contributed by atoms with Crippen molar-refractivity contribution in [2.45, 2.75) is 13.0 Å². The molecule has 0 aromatic carbocycles. The van der Waals surface area contributed by atoms with E-state index < -0.39 is 0 Å². The quantitative estimate of drug-likeness (QED) is 0.748. The number of hydrogen-bond donors (Lipinski definition) is 1. The van der Waals surface area contributed by atoms with Crippen LogP contribution in [-0.2, 0) is 7.05 Å². The van der Waals surface area contributed by atoms with Crippen LogP contribution in [0.25, 0.3) is 0 Å². The lowest BCUT2D eigenvalue weighted by atomic mass is 10.3. The molecule has 4 heteroatoms. The van der Waals surface area contributed by atoms with E-state index in [1.165, 1.54) is 22.9 Å². The number of hydrogen-bond acceptors (Lipinski definition) is 3. The Bertz CT molecular complexity index is 278. The zero-order valence-electron chi connectivity index (χ0n) is 7.37. The third kappa shape index (κ3) is 1.31. The summed E-state index contributed by atoms with van der Waals surface area (Å²) in [5, 5.41) is 7.64. The maximum absolute atomic E-state index is 4.17. The molecule has 0 amide bonds. The fourth-order valence-electron chi connectivity index (χ4n) is 1.18. The summed E-state index contributed by atoms with van der Waals surface area (Å²) in [5.41, 5.74) is 2.40. The molecule has 1 aliphatic rings. The Morgan fingerprint density at radius 1 is 1.67 bits per heavy atom. The third-order valence-electron chi connectivity index (χ3n) is 2.23. The molecule has 0 atom stereocenters. The maximum atomic E-state index is 4.17. The molecular weight excluding hydrogens is 170 g/mol. The minimum atomic E-state index is 0.665. The highest BCUT2D eigenvalue weighted by molar-refractivity contribution is 8.00. The van der Waals surface area contributed by atoms with Gasteiger partial charge in [0.15, 0.2) is 0 Å². The lowest BCUT2D eigenvalue weighted by Crippen LogP contribution is -2.33. The molecule has 0 spiro atoms. The normalized spacial score (nSPS) is 17.5. The van der Waals surface area contributed by atoms with Crippen LogP contribution in [0.5, 0.6) is 0 Å². The van der Waals surface area contributed by atoms with E-state index in [-0.39, 0.29) is 0 Å². The molecule has 0 saturated carbocycles. The topological polar surface area (TPSA) is 29.9 Å². The van der Waals surface area contributed by atoms with Crippen molar-refractivity contribution < 1.29 is 0 Å². The van der Waals surface area contributed by atoms with Crippen molar-refractivity contribution in [3.8, 4) is 0 Å². The van der Waals surface area contributed by atoms with E-state index in [1.807, 2.05) is 29.7 Å². The van der Waals surface area contributed by atoms with Gasteiger partial charge in [0.1, 0.15) is 0 Å². The molecule has 2 rings (SSSR count). The monoisotopic (exact) mass is 183 g/mol. The van der Waals surface area contributed by atoms with Gasteiger partial charge in [-0.15, -0.1) is 0 Å². The first-order valence-electron chi connectivity index (χ1n) is 4.10. The lowest BCUT2D eigenvalue weighted by Gasteiger charge is -2.26. The molecular formula is C8H13N3S. The number of aryl methyl sites for hydroxylation is 1. The van der Waals surface area contributed by atoms with Crippen molar-refractivity contribution in [3.63, 3.8) is 0 Å². The molecule has 1 saturated heterocycles. The molecule has 1 aliphatic heterocycles. The third-order valence-corrected chi connectivity index (χ3v) is 3.51. The van der Waals surface area contributed by atoms with E-state index in [2.05, 4.69) is 17.3 Å². The predicted octanol–water partition coefficient (Wildman–Crippen LogP) is 1.26. The molecule has 2 heterocycles. The highest BCUT2D eigenvalue weighted by Gasteiger charge is 2.18. The minimum absolute atomic E-state index is 0.665. The molecule has 0 aliphatic carbocycles. The average molecular weight is 183 g/mol. The number of nitrogens with zero attached hydrogens (tertiary/aromatic N) is 2. The largest absolute Gasteiger partial charge is 0.378 e. The van der Waals surface area contributed by atoms with Gasteiger partial charge in [0, 0.05) is 24.6 Å². The number of nitrogens with one attached hydrogen (secondary N) is 1. The molecule has 0 unspecified atom stereocenters. The van der Waals surface area contributed by atoms with Crippen LogP contribution in [0.4, 0.5) is 5.69 Å². The second-order valence-electron chi connectivity index (χ2n) is 3.15. The Morgan fingerprint density at radius 2 is 2.42 bits per heavy atom. The van der Waals surface area contributed by atoms with Crippen molar-refractivity contribution in [2.75, 3.05) is 16.8 Å². The van der Waals surface area contributed by atoms with Gasteiger partial charge in [0.05, 0.1) is 17.6 Å². The van der Waals surface area contributed by atoms with Crippen LogP contribution in [0.2, 0.25) is 0 Å². The lowest BCUT2D eigenvalue weighted by molar-refractivity contribution is 0.739. The maximum Gasteiger partial charge on any atom is 0.0758 e. The molecule has 12 heavy (non-hydrogen) atoms. The van der Waals surface area contributed by atoms with Crippen LogP contribution in [0, 0.1) is 6.92 Å². The van der Waals surface area contributed by atoms with E-state index in [0.29, 0.717) is 6.04 Å². The van der Waals surface area contributed by atoms with Crippen molar-refractivity contribution in [2.24, 2.45) is 7.05 Å². The van der Waals surface area contributed by atoms with Crippen molar-refractivity contribution in [1.82, 2.24) is 9.78 Å². The summed E-state index contributed by atoms with van der Waals surface area (Å²) in [5.74, 6) is 2.46. The Balaban J connectivity index is 2.06. The van der Waals surface area contributed by atoms with E-state index in [0.717, 1.165) is 0 Å². The Kier molecular flexibility index (Phi) is 2.00. The second-order valence-corrected chi connectivity index (χ2v) is 4.22. The standard InChI is InChI=1S/C8H13N3S/c1-6-8(3-9-11(6)2)10-7-4-12-5-7/h3,7,10H,4-5H2,1-2H3. The second kappa shape index (κ2) is 3.01. The van der Waals surface area contributed by atoms with Gasteiger partial charge >= 0.3 is 0 Å². The molecule has 3 nitrogen and oxygen atoms in total. The van der Waals surface area contributed by atoms with Crippen LogP contribution in [0.1, 0.15) is 5.69 Å². The first-order valence-corrected chi connectivity index (χ1v) is 5.25. The average Bonchev–Trinajstić information content (AvgIpc) is 2.27. The zero-order valence-corrected chi connectivity index (χ0v) is 8.19. The van der Waals surface area contributed by atoms with Crippen LogP contribution < -0.4 is 5.32 Å². The van der Waals surface area contributed by atoms with Crippen LogP contribution in [-0.4, -0.2) is 27.3 Å². The fraction of sp³-hybridized carbons (Fsp3) is 0.625. The Hall–Kier alpha value is -0.640. The van der Waals surface area contributed by atoms with Crippen LogP contribution in [0.3, 0.4) is 0 Å². The summed E-state index contributed by atoms with van der Waals surface area (Å²) < 4.78 is 1.90. The Morgan fingerprint density at radius 3 is 2.83 bits per heavy atom. The SMILES string of the molecule is Cc1c(NC2CSC2)cnn1C. The van der Waals surface area contributed by atoms with Crippen molar-refractivity contribution in [1.29, 1.82) is 0 Å². The van der Waals surface area contributed by atoms with Gasteiger partial charge < -0.3 is 5.32 Å². The number of thioether (sulfide) groups is 1. The van der Waals surface area contributed by atoms with Crippen LogP contribution in [0.15, 0.2) is 6.20 Å². The van der Waals surface area contributed by atoms with Gasteiger partial charge in [0.2, 0.25) is 0 Å². The van der Waals surface area contributed by atoms with Gasteiger partial charge in [0.25, 0.3) is 0 Å². The highest BCUT2D eigenvalue weighted by Crippen LogP contribution is 2.23. The summed E-state index contributed by atoms with van der Waals surface area (Å²) in [6.45, 7) is 2.08. The molecule has 1 N–H and O–H groups in total. The smallest absolute Gasteiger partial charge is 0.0758 e. The Labute approximate surface area is 76.5 Å². The van der Waals surface area contributed by atoms with Crippen molar-refractivity contribution in [3.05, 3.63) is 11.9 Å². The molecule has 1 aromatic rings. The fourth-order valence-corrected chi connectivity index (χ4v) is 1.82.